The van der Waals surface area contributed by atoms with E-state index >= 15 is 0 Å². The largest absolute Gasteiger partial charge is 0.357 e. The van der Waals surface area contributed by atoms with Crippen molar-refractivity contribution in [3.8, 4) is 0 Å². The van der Waals surface area contributed by atoms with E-state index in [1.165, 1.54) is 16.3 Å². The van der Waals surface area contributed by atoms with Gasteiger partial charge in [-0.3, -0.25) is 13.9 Å². The number of hydrogen-bond acceptors (Lipinski definition) is 4. The van der Waals surface area contributed by atoms with Crippen molar-refractivity contribution in [1.82, 2.24) is 10.2 Å². The molecule has 0 saturated heterocycles. The standard InChI is InChI=1S/C28H31Cl2N3O4S/c1-31-28(35)26(19-21-9-4-3-5-10-21)32(20-22-11-6-7-12-25(22)30)27(34)13-8-18-33(38(2,36)37)24-16-14-23(29)15-17-24/h3-7,9-12,14-17,26H,8,13,18-20H2,1-2H3,(H,31,35). The lowest BCUT2D eigenvalue weighted by molar-refractivity contribution is -0.141. The highest BCUT2D eigenvalue weighted by atomic mass is 35.5. The molecule has 0 heterocycles. The van der Waals surface area contributed by atoms with Crippen LogP contribution >= 0.6 is 23.2 Å². The van der Waals surface area contributed by atoms with Gasteiger partial charge in [0.2, 0.25) is 21.8 Å². The maximum Gasteiger partial charge on any atom is 0.242 e. The smallest absolute Gasteiger partial charge is 0.242 e. The van der Waals surface area contributed by atoms with Crippen LogP contribution in [0, 0.1) is 0 Å². The van der Waals surface area contributed by atoms with Crippen molar-refractivity contribution >= 4 is 50.7 Å². The van der Waals surface area contributed by atoms with Gasteiger partial charge in [-0.25, -0.2) is 8.42 Å². The van der Waals surface area contributed by atoms with E-state index < -0.39 is 16.1 Å². The molecule has 0 aliphatic carbocycles. The summed E-state index contributed by atoms with van der Waals surface area (Å²) in [4.78, 5) is 28.2. The number of likely N-dealkylation sites (N-methyl/N-ethyl adjacent to an activating group) is 1. The van der Waals surface area contributed by atoms with E-state index in [0.717, 1.165) is 11.8 Å². The molecule has 0 saturated carbocycles. The number of nitrogens with one attached hydrogen (secondary N) is 1. The highest BCUT2D eigenvalue weighted by Gasteiger charge is 2.30. The van der Waals surface area contributed by atoms with Gasteiger partial charge in [-0.15, -0.1) is 0 Å². The fraction of sp³-hybridized carbons (Fsp3) is 0.286. The van der Waals surface area contributed by atoms with Crippen LogP contribution in [0.5, 0.6) is 0 Å². The molecule has 0 aromatic heterocycles. The van der Waals surface area contributed by atoms with Gasteiger partial charge in [-0.1, -0.05) is 71.7 Å². The van der Waals surface area contributed by atoms with Crippen LogP contribution < -0.4 is 9.62 Å². The van der Waals surface area contributed by atoms with Gasteiger partial charge in [-0.05, 0) is 47.9 Å². The summed E-state index contributed by atoms with van der Waals surface area (Å²) in [7, 11) is -2.06. The minimum Gasteiger partial charge on any atom is -0.357 e. The molecule has 1 atom stereocenters. The van der Waals surface area contributed by atoms with Crippen LogP contribution in [0.15, 0.2) is 78.9 Å². The molecule has 0 radical (unpaired) electrons. The highest BCUT2D eigenvalue weighted by molar-refractivity contribution is 7.92. The van der Waals surface area contributed by atoms with E-state index in [4.69, 9.17) is 23.2 Å². The number of sulfonamides is 1. The van der Waals surface area contributed by atoms with Gasteiger partial charge in [0.25, 0.3) is 0 Å². The van der Waals surface area contributed by atoms with E-state index in [1.807, 2.05) is 42.5 Å². The lowest BCUT2D eigenvalue weighted by Gasteiger charge is -2.32. The summed E-state index contributed by atoms with van der Waals surface area (Å²) in [5.41, 5.74) is 2.08. The molecule has 3 aromatic carbocycles. The van der Waals surface area contributed by atoms with Crippen molar-refractivity contribution in [2.24, 2.45) is 0 Å². The van der Waals surface area contributed by atoms with Crippen molar-refractivity contribution in [3.05, 3.63) is 100 Å². The Labute approximate surface area is 234 Å². The molecule has 0 bridgehead atoms. The number of halogens is 2. The van der Waals surface area contributed by atoms with Gasteiger partial charge in [0.1, 0.15) is 6.04 Å². The van der Waals surface area contributed by atoms with Gasteiger partial charge < -0.3 is 10.2 Å². The van der Waals surface area contributed by atoms with E-state index in [1.54, 1.807) is 36.4 Å². The van der Waals surface area contributed by atoms with Crippen LogP contribution in [0.4, 0.5) is 5.69 Å². The topological polar surface area (TPSA) is 86.8 Å². The van der Waals surface area contributed by atoms with Crippen LogP contribution in [0.25, 0.3) is 0 Å². The Hall–Kier alpha value is -3.07. The van der Waals surface area contributed by atoms with Crippen molar-refractivity contribution in [2.75, 3.05) is 24.2 Å². The molecule has 3 rings (SSSR count). The fourth-order valence-electron chi connectivity index (χ4n) is 4.14. The second kappa shape index (κ2) is 13.6. The summed E-state index contributed by atoms with van der Waals surface area (Å²) in [6, 6.07) is 22.3. The predicted molar refractivity (Wildman–Crippen MR) is 153 cm³/mol. The number of amides is 2. The van der Waals surface area contributed by atoms with E-state index in [2.05, 4.69) is 5.32 Å². The highest BCUT2D eigenvalue weighted by Crippen LogP contribution is 2.23. The Morgan fingerprint density at radius 3 is 2.16 bits per heavy atom. The second-order valence-corrected chi connectivity index (χ2v) is 11.6. The Balaban J connectivity index is 1.84. The molecule has 1 unspecified atom stereocenters. The normalized spacial score (nSPS) is 12.0. The predicted octanol–water partition coefficient (Wildman–Crippen LogP) is 4.93. The van der Waals surface area contributed by atoms with Gasteiger partial charge >= 0.3 is 0 Å². The molecule has 7 nitrogen and oxygen atoms in total. The molecule has 3 aromatic rings. The maximum absolute atomic E-state index is 13.6. The van der Waals surface area contributed by atoms with Crippen molar-refractivity contribution < 1.29 is 18.0 Å². The number of carbonyl (C=O) groups excluding carboxylic acids is 2. The van der Waals surface area contributed by atoms with Crippen LogP contribution in [0.2, 0.25) is 10.0 Å². The average molecular weight is 577 g/mol. The summed E-state index contributed by atoms with van der Waals surface area (Å²) < 4.78 is 26.2. The van der Waals surface area contributed by atoms with Gasteiger partial charge in [0.15, 0.2) is 0 Å². The van der Waals surface area contributed by atoms with Crippen molar-refractivity contribution in [1.29, 1.82) is 0 Å². The summed E-state index contributed by atoms with van der Waals surface area (Å²) in [6.07, 6.45) is 1.72. The Kier molecular flexibility index (Phi) is 10.6. The monoisotopic (exact) mass is 575 g/mol. The molecule has 2 amide bonds. The van der Waals surface area contributed by atoms with Crippen LogP contribution in [0.1, 0.15) is 24.0 Å². The number of hydrogen-bond donors (Lipinski definition) is 1. The zero-order valence-corrected chi connectivity index (χ0v) is 23.6. The third-order valence-corrected chi connectivity index (χ3v) is 7.90. The third kappa shape index (κ3) is 8.21. The molecule has 0 aliphatic rings. The SMILES string of the molecule is CNC(=O)C(Cc1ccccc1)N(Cc1ccccc1Cl)C(=O)CCCN(c1ccc(Cl)cc1)S(C)(=O)=O. The first-order valence-corrected chi connectivity index (χ1v) is 14.7. The minimum atomic E-state index is -3.59. The van der Waals surface area contributed by atoms with Crippen LogP contribution in [-0.2, 0) is 32.6 Å². The average Bonchev–Trinajstić information content (AvgIpc) is 2.89. The third-order valence-electron chi connectivity index (χ3n) is 6.08. The molecule has 0 fully saturated rings. The quantitative estimate of drug-likeness (QED) is 0.332. The lowest BCUT2D eigenvalue weighted by Crippen LogP contribution is -2.49. The number of nitrogens with zero attached hydrogens (tertiary/aromatic N) is 2. The summed E-state index contributed by atoms with van der Waals surface area (Å²) in [6.45, 7) is 0.228. The molecule has 202 valence electrons. The van der Waals surface area contributed by atoms with Gasteiger partial charge in [-0.2, -0.15) is 0 Å². The molecular formula is C28H31Cl2N3O4S. The summed E-state index contributed by atoms with van der Waals surface area (Å²) >= 11 is 12.4. The van der Waals surface area contributed by atoms with Gasteiger partial charge in [0.05, 0.1) is 11.9 Å². The number of carbonyl (C=O) groups is 2. The number of rotatable bonds is 12. The fourth-order valence-corrected chi connectivity index (χ4v) is 5.43. The Morgan fingerprint density at radius 2 is 1.55 bits per heavy atom. The van der Waals surface area contributed by atoms with Crippen LogP contribution in [0.3, 0.4) is 0 Å². The van der Waals surface area contributed by atoms with E-state index in [9.17, 15) is 18.0 Å². The lowest BCUT2D eigenvalue weighted by atomic mass is 10.0. The van der Waals surface area contributed by atoms with E-state index in [0.29, 0.717) is 27.7 Å². The second-order valence-electron chi connectivity index (χ2n) is 8.85. The first kappa shape index (κ1) is 29.5. The number of anilines is 1. The van der Waals surface area contributed by atoms with Crippen molar-refractivity contribution in [3.63, 3.8) is 0 Å². The molecule has 1 N–H and O–H groups in total. The first-order valence-electron chi connectivity index (χ1n) is 12.1. The number of benzene rings is 3. The Bertz CT molecular complexity index is 1340. The van der Waals surface area contributed by atoms with Crippen LogP contribution in [-0.4, -0.2) is 51.0 Å². The maximum atomic E-state index is 13.6. The molecule has 38 heavy (non-hydrogen) atoms. The Morgan fingerprint density at radius 1 is 0.921 bits per heavy atom. The summed E-state index contributed by atoms with van der Waals surface area (Å²) in [5, 5.41) is 3.66. The molecular weight excluding hydrogens is 545 g/mol. The molecule has 10 heteroatoms. The van der Waals surface area contributed by atoms with Gasteiger partial charge in [0, 0.05) is 43.0 Å². The first-order chi connectivity index (χ1) is 18.1. The zero-order chi connectivity index (χ0) is 27.7. The zero-order valence-electron chi connectivity index (χ0n) is 21.3. The molecule has 0 spiro atoms. The van der Waals surface area contributed by atoms with Crippen molar-refractivity contribution in [2.45, 2.75) is 31.8 Å². The summed E-state index contributed by atoms with van der Waals surface area (Å²) in [5.74, 6) is -0.577. The van der Waals surface area contributed by atoms with E-state index in [-0.39, 0.29) is 37.7 Å². The molecule has 0 aliphatic heterocycles. The minimum absolute atomic E-state index is 0.0341.